The molecule has 1 saturated heterocycles. The number of piperidine rings is 1. The Hall–Kier alpha value is -1.59. The number of nitrogens with one attached hydrogen (secondary N) is 2. The summed E-state index contributed by atoms with van der Waals surface area (Å²) in [4.78, 5) is 6.93. The summed E-state index contributed by atoms with van der Waals surface area (Å²) in [6.07, 6.45) is 3.62. The van der Waals surface area contributed by atoms with Crippen molar-refractivity contribution in [3.63, 3.8) is 0 Å². The highest BCUT2D eigenvalue weighted by atomic mass is 16.5. The number of benzene rings is 1. The molecule has 1 aliphatic rings. The predicted molar refractivity (Wildman–Crippen MR) is 110 cm³/mol. The summed E-state index contributed by atoms with van der Waals surface area (Å²) in [6.45, 7) is 10.3. The third-order valence-corrected chi connectivity index (χ3v) is 4.82. The van der Waals surface area contributed by atoms with Crippen molar-refractivity contribution in [3.05, 3.63) is 35.9 Å². The van der Waals surface area contributed by atoms with Gasteiger partial charge in [0.1, 0.15) is 0 Å². The van der Waals surface area contributed by atoms with Crippen molar-refractivity contribution in [2.24, 2.45) is 10.9 Å². The van der Waals surface area contributed by atoms with Gasteiger partial charge < -0.3 is 20.3 Å². The van der Waals surface area contributed by atoms with Gasteiger partial charge in [0.2, 0.25) is 0 Å². The Kier molecular flexibility index (Phi) is 9.50. The lowest BCUT2D eigenvalue weighted by molar-refractivity contribution is 0.0930. The third kappa shape index (κ3) is 7.75. The first-order valence-corrected chi connectivity index (χ1v) is 10.0. The minimum atomic E-state index is 0.434. The first-order chi connectivity index (χ1) is 12.7. The van der Waals surface area contributed by atoms with E-state index in [0.717, 1.165) is 19.1 Å². The van der Waals surface area contributed by atoms with E-state index in [0.29, 0.717) is 18.6 Å². The minimum absolute atomic E-state index is 0.434. The Balaban J connectivity index is 1.60. The van der Waals surface area contributed by atoms with Crippen molar-refractivity contribution in [3.8, 4) is 0 Å². The summed E-state index contributed by atoms with van der Waals surface area (Å²) < 4.78 is 5.83. The Bertz CT molecular complexity index is 512. The fraction of sp³-hybridized carbons (Fsp3) is 0.667. The fourth-order valence-corrected chi connectivity index (χ4v) is 3.29. The van der Waals surface area contributed by atoms with E-state index in [-0.39, 0.29) is 0 Å². The van der Waals surface area contributed by atoms with Gasteiger partial charge in [0.25, 0.3) is 0 Å². The molecule has 1 aliphatic heterocycles. The molecule has 0 bridgehead atoms. The molecule has 1 unspecified atom stereocenters. The van der Waals surface area contributed by atoms with Crippen LogP contribution >= 0.6 is 0 Å². The summed E-state index contributed by atoms with van der Waals surface area (Å²) in [5.74, 6) is 1.34. The van der Waals surface area contributed by atoms with Crippen molar-refractivity contribution < 1.29 is 4.74 Å². The van der Waals surface area contributed by atoms with Crippen molar-refractivity contribution in [2.45, 2.75) is 45.8 Å². The van der Waals surface area contributed by atoms with Gasteiger partial charge in [-0.25, -0.2) is 0 Å². The standard InChI is InChI=1S/C21H36N4O/c1-4-12-25-13-10-20(11-14-25)24-21(22-3)23-15-18(2)16-26-17-19-8-6-5-7-9-19/h5-9,18,20H,4,10-17H2,1-3H3,(H2,22,23,24). The van der Waals surface area contributed by atoms with Crippen LogP contribution in [0.1, 0.15) is 38.7 Å². The second kappa shape index (κ2) is 11.9. The molecule has 5 heteroatoms. The molecule has 2 N–H and O–H groups in total. The highest BCUT2D eigenvalue weighted by Crippen LogP contribution is 2.10. The first-order valence-electron chi connectivity index (χ1n) is 10.0. The lowest BCUT2D eigenvalue weighted by Crippen LogP contribution is -2.49. The number of likely N-dealkylation sites (tertiary alicyclic amines) is 1. The summed E-state index contributed by atoms with van der Waals surface area (Å²) in [6, 6.07) is 10.8. The molecule has 0 radical (unpaired) electrons. The summed E-state index contributed by atoms with van der Waals surface area (Å²) >= 11 is 0. The number of guanidine groups is 1. The van der Waals surface area contributed by atoms with Gasteiger partial charge in [-0.15, -0.1) is 0 Å². The summed E-state index contributed by atoms with van der Waals surface area (Å²) in [7, 11) is 1.85. The Morgan fingerprint density at radius 3 is 2.65 bits per heavy atom. The van der Waals surface area contributed by atoms with Gasteiger partial charge in [0.05, 0.1) is 13.2 Å². The number of aliphatic imine (C=N–C) groups is 1. The van der Waals surface area contributed by atoms with Crippen LogP contribution in [0.3, 0.4) is 0 Å². The van der Waals surface area contributed by atoms with E-state index in [1.54, 1.807) is 0 Å². The largest absolute Gasteiger partial charge is 0.376 e. The molecule has 0 saturated carbocycles. The lowest BCUT2D eigenvalue weighted by atomic mass is 10.1. The number of nitrogens with zero attached hydrogens (tertiary/aromatic N) is 2. The molecule has 1 atom stereocenters. The molecule has 0 aliphatic carbocycles. The second-order valence-electron chi connectivity index (χ2n) is 7.32. The molecule has 1 heterocycles. The molecule has 1 aromatic rings. The average molecular weight is 361 g/mol. The molecule has 146 valence electrons. The molecular weight excluding hydrogens is 324 g/mol. The van der Waals surface area contributed by atoms with Gasteiger partial charge >= 0.3 is 0 Å². The summed E-state index contributed by atoms with van der Waals surface area (Å²) in [5.41, 5.74) is 1.22. The van der Waals surface area contributed by atoms with E-state index in [1.165, 1.54) is 44.5 Å². The predicted octanol–water partition coefficient (Wildman–Crippen LogP) is 2.88. The maximum Gasteiger partial charge on any atom is 0.191 e. The number of ether oxygens (including phenoxy) is 1. The van der Waals surface area contributed by atoms with E-state index < -0.39 is 0 Å². The van der Waals surface area contributed by atoms with Crippen LogP contribution in [0.5, 0.6) is 0 Å². The van der Waals surface area contributed by atoms with Gasteiger partial charge in [-0.3, -0.25) is 4.99 Å². The van der Waals surface area contributed by atoms with Crippen LogP contribution in [0.15, 0.2) is 35.3 Å². The monoisotopic (exact) mass is 360 g/mol. The van der Waals surface area contributed by atoms with E-state index >= 15 is 0 Å². The van der Waals surface area contributed by atoms with Crippen LogP contribution in [0.2, 0.25) is 0 Å². The molecule has 1 fully saturated rings. The second-order valence-corrected chi connectivity index (χ2v) is 7.32. The zero-order valence-electron chi connectivity index (χ0n) is 16.7. The zero-order valence-corrected chi connectivity index (χ0v) is 16.7. The summed E-state index contributed by atoms with van der Waals surface area (Å²) in [5, 5.41) is 7.02. The molecular formula is C21H36N4O. The number of hydrogen-bond acceptors (Lipinski definition) is 3. The molecule has 0 aromatic heterocycles. The Morgan fingerprint density at radius 2 is 2.00 bits per heavy atom. The van der Waals surface area contributed by atoms with E-state index in [2.05, 4.69) is 46.5 Å². The topological polar surface area (TPSA) is 48.9 Å². The van der Waals surface area contributed by atoms with Crippen molar-refractivity contribution in [1.29, 1.82) is 0 Å². The SMILES string of the molecule is CCCN1CCC(NC(=NC)NCC(C)COCc2ccccc2)CC1. The minimum Gasteiger partial charge on any atom is -0.376 e. The van der Waals surface area contributed by atoms with Crippen LogP contribution in [0.4, 0.5) is 0 Å². The normalized spacial score (nSPS) is 17.9. The Labute approximate surface area is 159 Å². The molecule has 0 spiro atoms. The van der Waals surface area contributed by atoms with Gasteiger partial charge in [0.15, 0.2) is 5.96 Å². The third-order valence-electron chi connectivity index (χ3n) is 4.82. The lowest BCUT2D eigenvalue weighted by Gasteiger charge is -2.33. The number of rotatable bonds is 9. The van der Waals surface area contributed by atoms with Crippen LogP contribution in [-0.2, 0) is 11.3 Å². The van der Waals surface area contributed by atoms with Gasteiger partial charge in [-0.05, 0) is 37.3 Å². The maximum absolute atomic E-state index is 5.83. The first kappa shape index (κ1) is 20.7. The van der Waals surface area contributed by atoms with E-state index in [1.807, 2.05) is 25.2 Å². The highest BCUT2D eigenvalue weighted by Gasteiger charge is 2.19. The van der Waals surface area contributed by atoms with Crippen molar-refractivity contribution in [1.82, 2.24) is 15.5 Å². The van der Waals surface area contributed by atoms with E-state index in [4.69, 9.17) is 4.74 Å². The maximum atomic E-state index is 5.83. The quantitative estimate of drug-likeness (QED) is 0.525. The van der Waals surface area contributed by atoms with Crippen LogP contribution in [0.25, 0.3) is 0 Å². The number of hydrogen-bond donors (Lipinski definition) is 2. The van der Waals surface area contributed by atoms with Gasteiger partial charge in [0, 0.05) is 32.7 Å². The van der Waals surface area contributed by atoms with Crippen molar-refractivity contribution >= 4 is 5.96 Å². The average Bonchev–Trinajstić information content (AvgIpc) is 2.67. The molecule has 1 aromatic carbocycles. The molecule has 0 amide bonds. The fourth-order valence-electron chi connectivity index (χ4n) is 3.29. The molecule has 5 nitrogen and oxygen atoms in total. The molecule has 26 heavy (non-hydrogen) atoms. The van der Waals surface area contributed by atoms with Gasteiger partial charge in [-0.2, -0.15) is 0 Å². The van der Waals surface area contributed by atoms with Gasteiger partial charge in [-0.1, -0.05) is 44.2 Å². The van der Waals surface area contributed by atoms with E-state index in [9.17, 15) is 0 Å². The van der Waals surface area contributed by atoms with Crippen LogP contribution < -0.4 is 10.6 Å². The Morgan fingerprint density at radius 1 is 1.27 bits per heavy atom. The van der Waals surface area contributed by atoms with Crippen molar-refractivity contribution in [2.75, 3.05) is 39.8 Å². The highest BCUT2D eigenvalue weighted by molar-refractivity contribution is 5.79. The zero-order chi connectivity index (χ0) is 18.6. The van der Waals surface area contributed by atoms with Crippen LogP contribution in [0, 0.1) is 5.92 Å². The van der Waals surface area contributed by atoms with Crippen LogP contribution in [-0.4, -0.2) is 56.7 Å². The molecule has 2 rings (SSSR count). The smallest absolute Gasteiger partial charge is 0.191 e.